The van der Waals surface area contributed by atoms with Gasteiger partial charge in [-0.1, -0.05) is 44.2 Å². The van der Waals surface area contributed by atoms with Crippen LogP contribution in [0.3, 0.4) is 0 Å². The van der Waals surface area contributed by atoms with Crippen molar-refractivity contribution in [1.29, 1.82) is 0 Å². The summed E-state index contributed by atoms with van der Waals surface area (Å²) in [6.07, 6.45) is 0. The van der Waals surface area contributed by atoms with Crippen molar-refractivity contribution in [2.24, 2.45) is 0 Å². The summed E-state index contributed by atoms with van der Waals surface area (Å²) in [4.78, 5) is 26.8. The van der Waals surface area contributed by atoms with Gasteiger partial charge in [-0.3, -0.25) is 9.59 Å². The summed E-state index contributed by atoms with van der Waals surface area (Å²) in [6.45, 7) is 4.33. The molecule has 2 amide bonds. The number of thiophene rings is 1. The van der Waals surface area contributed by atoms with Crippen LogP contribution in [0.25, 0.3) is 0 Å². The van der Waals surface area contributed by atoms with Crippen LogP contribution in [0, 0.1) is 0 Å². The van der Waals surface area contributed by atoms with E-state index in [1.807, 2.05) is 29.6 Å². The molecule has 148 valence electrons. The fourth-order valence-electron chi connectivity index (χ4n) is 3.29. The molecule has 0 aliphatic carbocycles. The van der Waals surface area contributed by atoms with Gasteiger partial charge < -0.3 is 10.6 Å². The Hall–Kier alpha value is -2.57. The molecule has 0 spiro atoms. The molecule has 0 fully saturated rings. The van der Waals surface area contributed by atoms with Crippen molar-refractivity contribution in [1.82, 2.24) is 5.32 Å². The number of rotatable bonds is 5. The average Bonchev–Trinajstić information content (AvgIpc) is 3.26. The van der Waals surface area contributed by atoms with E-state index in [1.54, 1.807) is 17.4 Å². The lowest BCUT2D eigenvalue weighted by Gasteiger charge is -2.20. The van der Waals surface area contributed by atoms with Crippen LogP contribution in [0.5, 0.6) is 0 Å². The number of nitrogens with one attached hydrogen (secondary N) is 2. The third kappa shape index (κ3) is 4.38. The van der Waals surface area contributed by atoms with Gasteiger partial charge in [0.25, 0.3) is 5.91 Å². The van der Waals surface area contributed by atoms with Gasteiger partial charge >= 0.3 is 0 Å². The van der Waals surface area contributed by atoms with Crippen LogP contribution in [-0.2, 0) is 4.79 Å². The zero-order chi connectivity index (χ0) is 20.4. The third-order valence-corrected chi connectivity index (χ3v) is 6.92. The Kier molecular flexibility index (Phi) is 5.74. The normalized spacial score (nSPS) is 14.2. The number of anilines is 1. The largest absolute Gasteiger partial charge is 0.340 e. The maximum absolute atomic E-state index is 13.0. The molecule has 2 aromatic carbocycles. The topological polar surface area (TPSA) is 58.2 Å². The van der Waals surface area contributed by atoms with E-state index in [0.717, 1.165) is 15.3 Å². The Morgan fingerprint density at radius 2 is 1.83 bits per heavy atom. The standard InChI is InChI=1S/C23H22N2O2S2/c1-14(2)15-5-7-16(8-6-15)22(20-4-3-11-28-20)25-23(27)17-9-10-19-18(12-17)24-21(26)13-29-19/h3-12,14,22H,13H2,1-2H3,(H,24,26)(H,25,27). The summed E-state index contributed by atoms with van der Waals surface area (Å²) in [5, 5.41) is 8.03. The van der Waals surface area contributed by atoms with Crippen LogP contribution in [0.15, 0.2) is 64.9 Å². The van der Waals surface area contributed by atoms with E-state index in [4.69, 9.17) is 0 Å². The zero-order valence-electron chi connectivity index (χ0n) is 16.3. The van der Waals surface area contributed by atoms with Crippen molar-refractivity contribution in [2.45, 2.75) is 30.7 Å². The number of carbonyl (C=O) groups excluding carboxylic acids is 2. The highest BCUT2D eigenvalue weighted by Crippen LogP contribution is 2.33. The van der Waals surface area contributed by atoms with E-state index in [1.165, 1.54) is 17.3 Å². The van der Waals surface area contributed by atoms with Crippen LogP contribution in [0.4, 0.5) is 5.69 Å². The molecular formula is C23H22N2O2S2. The quantitative estimate of drug-likeness (QED) is 0.576. The molecule has 1 aliphatic heterocycles. The lowest BCUT2D eigenvalue weighted by atomic mass is 9.98. The first-order valence-corrected chi connectivity index (χ1v) is 11.4. The third-order valence-electron chi connectivity index (χ3n) is 4.91. The summed E-state index contributed by atoms with van der Waals surface area (Å²) in [7, 11) is 0. The van der Waals surface area contributed by atoms with Crippen LogP contribution in [-0.4, -0.2) is 17.6 Å². The van der Waals surface area contributed by atoms with Gasteiger partial charge in [-0.2, -0.15) is 0 Å². The fourth-order valence-corrected chi connectivity index (χ4v) is 4.88. The first kappa shape index (κ1) is 19.7. The molecule has 0 saturated carbocycles. The summed E-state index contributed by atoms with van der Waals surface area (Å²) in [6, 6.07) is 17.7. The second-order valence-electron chi connectivity index (χ2n) is 7.29. The Morgan fingerprint density at radius 1 is 1.07 bits per heavy atom. The number of thioether (sulfide) groups is 1. The maximum atomic E-state index is 13.0. The number of hydrogen-bond acceptors (Lipinski definition) is 4. The molecule has 4 nitrogen and oxygen atoms in total. The highest BCUT2D eigenvalue weighted by atomic mass is 32.2. The molecular weight excluding hydrogens is 400 g/mol. The highest BCUT2D eigenvalue weighted by Gasteiger charge is 2.21. The van der Waals surface area contributed by atoms with E-state index in [-0.39, 0.29) is 17.9 Å². The van der Waals surface area contributed by atoms with E-state index < -0.39 is 0 Å². The van der Waals surface area contributed by atoms with E-state index in [0.29, 0.717) is 22.9 Å². The first-order chi connectivity index (χ1) is 14.0. The molecule has 1 atom stereocenters. The van der Waals surface area contributed by atoms with Crippen molar-refractivity contribution in [2.75, 3.05) is 11.1 Å². The maximum Gasteiger partial charge on any atom is 0.252 e. The number of benzene rings is 2. The van der Waals surface area contributed by atoms with Gasteiger partial charge in [0.1, 0.15) is 0 Å². The second-order valence-corrected chi connectivity index (χ2v) is 9.29. The van der Waals surface area contributed by atoms with E-state index >= 15 is 0 Å². The minimum absolute atomic E-state index is 0.0400. The van der Waals surface area contributed by atoms with Crippen molar-refractivity contribution in [3.05, 3.63) is 81.5 Å². The first-order valence-electron chi connectivity index (χ1n) is 9.52. The van der Waals surface area contributed by atoms with Crippen LogP contribution >= 0.6 is 23.1 Å². The van der Waals surface area contributed by atoms with Gasteiger partial charge in [-0.05, 0) is 46.7 Å². The number of amides is 2. The van der Waals surface area contributed by atoms with Gasteiger partial charge in [0.15, 0.2) is 0 Å². The van der Waals surface area contributed by atoms with Crippen LogP contribution in [0.2, 0.25) is 0 Å². The monoisotopic (exact) mass is 422 g/mol. The fraction of sp³-hybridized carbons (Fsp3) is 0.217. The van der Waals surface area contributed by atoms with Gasteiger partial charge in [0, 0.05) is 15.3 Å². The zero-order valence-corrected chi connectivity index (χ0v) is 17.9. The number of fused-ring (bicyclic) bond motifs is 1. The lowest BCUT2D eigenvalue weighted by molar-refractivity contribution is -0.113. The van der Waals surface area contributed by atoms with Crippen LogP contribution in [0.1, 0.15) is 52.2 Å². The molecule has 2 N–H and O–H groups in total. The van der Waals surface area contributed by atoms with Gasteiger partial charge in [-0.15, -0.1) is 23.1 Å². The molecule has 0 radical (unpaired) electrons. The molecule has 2 heterocycles. The molecule has 0 bridgehead atoms. The Balaban J connectivity index is 1.60. The van der Waals surface area contributed by atoms with Crippen molar-refractivity contribution in [3.8, 4) is 0 Å². The second kappa shape index (κ2) is 8.43. The Labute approximate surface area is 178 Å². The Morgan fingerprint density at radius 3 is 2.52 bits per heavy atom. The molecule has 1 unspecified atom stereocenters. The number of carbonyl (C=O) groups is 2. The molecule has 1 aromatic heterocycles. The summed E-state index contributed by atoms with van der Waals surface area (Å²) in [5.74, 6) is 0.666. The molecule has 0 saturated heterocycles. The SMILES string of the molecule is CC(C)c1ccc(C(NC(=O)c2ccc3c(c2)NC(=O)CS3)c2cccs2)cc1. The molecule has 4 rings (SSSR count). The Bertz CT molecular complexity index is 1030. The van der Waals surface area contributed by atoms with Crippen LogP contribution < -0.4 is 10.6 Å². The van der Waals surface area contributed by atoms with Gasteiger partial charge in [0.05, 0.1) is 17.5 Å². The predicted octanol–water partition coefficient (Wildman–Crippen LogP) is 5.44. The molecule has 1 aliphatic rings. The summed E-state index contributed by atoms with van der Waals surface area (Å²) >= 11 is 3.11. The smallest absolute Gasteiger partial charge is 0.252 e. The van der Waals surface area contributed by atoms with E-state index in [9.17, 15) is 9.59 Å². The average molecular weight is 423 g/mol. The minimum Gasteiger partial charge on any atom is -0.340 e. The van der Waals surface area contributed by atoms with Gasteiger partial charge in [0.2, 0.25) is 5.91 Å². The van der Waals surface area contributed by atoms with Crippen molar-refractivity contribution in [3.63, 3.8) is 0 Å². The summed E-state index contributed by atoms with van der Waals surface area (Å²) in [5.41, 5.74) is 3.56. The van der Waals surface area contributed by atoms with Crippen molar-refractivity contribution < 1.29 is 9.59 Å². The summed E-state index contributed by atoms with van der Waals surface area (Å²) < 4.78 is 0. The van der Waals surface area contributed by atoms with E-state index in [2.05, 4.69) is 48.7 Å². The lowest BCUT2D eigenvalue weighted by Crippen LogP contribution is -2.29. The molecule has 29 heavy (non-hydrogen) atoms. The number of hydrogen-bond donors (Lipinski definition) is 2. The van der Waals surface area contributed by atoms with Crippen molar-refractivity contribution >= 4 is 40.6 Å². The van der Waals surface area contributed by atoms with Gasteiger partial charge in [-0.25, -0.2) is 0 Å². The molecule has 3 aromatic rings. The predicted molar refractivity (Wildman–Crippen MR) is 120 cm³/mol. The highest BCUT2D eigenvalue weighted by molar-refractivity contribution is 8.00. The minimum atomic E-state index is -0.219. The molecule has 6 heteroatoms.